The van der Waals surface area contributed by atoms with Gasteiger partial charge in [0.1, 0.15) is 0 Å². The Bertz CT molecular complexity index is 993. The van der Waals surface area contributed by atoms with Crippen molar-refractivity contribution in [1.29, 1.82) is 0 Å². The zero-order valence-corrected chi connectivity index (χ0v) is 16.2. The number of amidine groups is 1. The van der Waals surface area contributed by atoms with Crippen molar-refractivity contribution >= 4 is 28.7 Å². The van der Waals surface area contributed by atoms with E-state index >= 15 is 0 Å². The van der Waals surface area contributed by atoms with Crippen molar-refractivity contribution in [1.82, 2.24) is 14.7 Å². The lowest BCUT2D eigenvalue weighted by atomic mass is 10.1. The highest BCUT2D eigenvalue weighted by Crippen LogP contribution is 2.26. The van der Waals surface area contributed by atoms with E-state index in [1.165, 1.54) is 28.9 Å². The van der Waals surface area contributed by atoms with Crippen molar-refractivity contribution < 1.29 is 31.5 Å². The van der Waals surface area contributed by atoms with Crippen molar-refractivity contribution in [3.8, 4) is 0 Å². The normalized spacial score (nSPS) is 20.7. The highest BCUT2D eigenvalue weighted by molar-refractivity contribution is 8.15. The summed E-state index contributed by atoms with van der Waals surface area (Å²) in [7, 11) is 0. The van der Waals surface area contributed by atoms with Gasteiger partial charge in [0.05, 0.1) is 30.5 Å². The summed E-state index contributed by atoms with van der Waals surface area (Å²) in [4.78, 5) is 17.9. The van der Waals surface area contributed by atoms with Crippen LogP contribution >= 0.6 is 11.8 Å². The number of nitrogens with zero attached hydrogens (tertiary/aromatic N) is 4. The number of hydrogen-bond acceptors (Lipinski definition) is 5. The molecule has 0 bridgehead atoms. The van der Waals surface area contributed by atoms with Crippen molar-refractivity contribution in [3.05, 3.63) is 46.9 Å². The summed E-state index contributed by atoms with van der Waals surface area (Å²) in [5.41, 5.74) is -1.00. The second-order valence-corrected chi connectivity index (χ2v) is 7.68. The van der Waals surface area contributed by atoms with Crippen molar-refractivity contribution in [3.63, 3.8) is 0 Å². The standard InChI is InChI=1S/C18H15F5N4O2S/c19-13-10(14(20)16(22)17(23)15(13)21)7-26-4-3-11(25-26)24-18-27(12(28)8-30-18)6-9-2-1-5-29-9/h3-4,9H,1-2,5-8H2/t9-/m0/s1. The zero-order chi connectivity index (χ0) is 21.4. The number of benzene rings is 1. The minimum atomic E-state index is -2.21. The molecule has 0 unspecified atom stereocenters. The summed E-state index contributed by atoms with van der Waals surface area (Å²) in [5, 5.41) is 4.41. The third kappa shape index (κ3) is 3.93. The topological polar surface area (TPSA) is 59.7 Å². The van der Waals surface area contributed by atoms with E-state index in [4.69, 9.17) is 4.74 Å². The van der Waals surface area contributed by atoms with Gasteiger partial charge in [0.25, 0.3) is 0 Å². The molecule has 12 heteroatoms. The molecule has 0 N–H and O–H groups in total. The molecular weight excluding hydrogens is 431 g/mol. The minimum absolute atomic E-state index is 0.0652. The summed E-state index contributed by atoms with van der Waals surface area (Å²) in [5.74, 6) is -9.82. The fourth-order valence-electron chi connectivity index (χ4n) is 3.20. The number of hydrogen-bond donors (Lipinski definition) is 0. The minimum Gasteiger partial charge on any atom is -0.376 e. The number of amides is 1. The van der Waals surface area contributed by atoms with E-state index in [-0.39, 0.29) is 23.6 Å². The Labute approximate surface area is 171 Å². The Kier molecular flexibility index (Phi) is 5.78. The quantitative estimate of drug-likeness (QED) is 0.402. The summed E-state index contributed by atoms with van der Waals surface area (Å²) in [6.07, 6.45) is 3.00. The van der Waals surface area contributed by atoms with Gasteiger partial charge in [0.2, 0.25) is 11.7 Å². The molecule has 2 fully saturated rings. The highest BCUT2D eigenvalue weighted by atomic mass is 32.2. The first-order valence-electron chi connectivity index (χ1n) is 9.02. The largest absolute Gasteiger partial charge is 0.376 e. The summed E-state index contributed by atoms with van der Waals surface area (Å²) in [6, 6.07) is 1.41. The van der Waals surface area contributed by atoms with Crippen LogP contribution in [0, 0.1) is 29.1 Å². The molecule has 4 rings (SSSR count). The van der Waals surface area contributed by atoms with Crippen LogP contribution in [-0.2, 0) is 16.1 Å². The number of rotatable bonds is 5. The molecule has 1 aromatic heterocycles. The second kappa shape index (κ2) is 8.34. The van der Waals surface area contributed by atoms with E-state index < -0.39 is 41.2 Å². The van der Waals surface area contributed by atoms with Crippen LogP contribution in [-0.4, -0.2) is 50.8 Å². The Morgan fingerprint density at radius 1 is 1.13 bits per heavy atom. The van der Waals surface area contributed by atoms with Crippen molar-refractivity contribution in [2.24, 2.45) is 4.99 Å². The molecule has 2 aliphatic heterocycles. The van der Waals surface area contributed by atoms with Crippen LogP contribution in [0.15, 0.2) is 17.3 Å². The van der Waals surface area contributed by atoms with Gasteiger partial charge < -0.3 is 4.74 Å². The van der Waals surface area contributed by atoms with Gasteiger partial charge in [-0.2, -0.15) is 5.10 Å². The van der Waals surface area contributed by atoms with Gasteiger partial charge in [-0.3, -0.25) is 14.4 Å². The lowest BCUT2D eigenvalue weighted by Crippen LogP contribution is -2.36. The van der Waals surface area contributed by atoms with Crippen LogP contribution < -0.4 is 0 Å². The summed E-state index contributed by atoms with van der Waals surface area (Å²) in [6.45, 7) is 0.340. The van der Waals surface area contributed by atoms with Crippen LogP contribution in [0.2, 0.25) is 0 Å². The first-order chi connectivity index (χ1) is 14.3. The number of carbonyl (C=O) groups is 1. The first-order valence-corrected chi connectivity index (χ1v) is 10.0. The molecule has 0 spiro atoms. The van der Waals surface area contributed by atoms with Crippen molar-refractivity contribution in [2.45, 2.75) is 25.5 Å². The number of ether oxygens (including phenoxy) is 1. The van der Waals surface area contributed by atoms with E-state index in [0.29, 0.717) is 18.3 Å². The van der Waals surface area contributed by atoms with E-state index in [0.717, 1.165) is 17.5 Å². The molecule has 2 aromatic rings. The maximum absolute atomic E-state index is 13.9. The molecule has 160 valence electrons. The Morgan fingerprint density at radius 3 is 2.50 bits per heavy atom. The molecule has 6 nitrogen and oxygen atoms in total. The molecule has 3 heterocycles. The average Bonchev–Trinajstić information content (AvgIpc) is 3.47. The Hall–Kier alpha value is -2.47. The van der Waals surface area contributed by atoms with Gasteiger partial charge in [-0.1, -0.05) is 11.8 Å². The fraction of sp³-hybridized carbons (Fsp3) is 0.389. The maximum atomic E-state index is 13.9. The maximum Gasteiger partial charge on any atom is 0.239 e. The molecular formula is C18H15F5N4O2S. The molecule has 2 saturated heterocycles. The van der Waals surface area contributed by atoms with Crippen molar-refractivity contribution in [2.75, 3.05) is 18.9 Å². The third-order valence-corrected chi connectivity index (χ3v) is 5.69. The predicted molar refractivity (Wildman–Crippen MR) is 97.8 cm³/mol. The lowest BCUT2D eigenvalue weighted by molar-refractivity contribution is -0.125. The third-order valence-electron chi connectivity index (χ3n) is 4.72. The number of halogens is 5. The lowest BCUT2D eigenvalue weighted by Gasteiger charge is -2.19. The van der Waals surface area contributed by atoms with Crippen LogP contribution in [0.5, 0.6) is 0 Å². The smallest absolute Gasteiger partial charge is 0.239 e. The van der Waals surface area contributed by atoms with Crippen LogP contribution in [0.25, 0.3) is 0 Å². The molecule has 2 aliphatic rings. The SMILES string of the molecule is O=C1CSC(=Nc2ccn(Cc3c(F)c(F)c(F)c(F)c3F)n2)N1C[C@@H]1CCCO1. The highest BCUT2D eigenvalue weighted by Gasteiger charge is 2.32. The monoisotopic (exact) mass is 446 g/mol. The molecule has 1 atom stereocenters. The molecule has 1 aromatic carbocycles. The van der Waals surface area contributed by atoms with Gasteiger partial charge >= 0.3 is 0 Å². The van der Waals surface area contributed by atoms with Gasteiger partial charge in [0.15, 0.2) is 34.3 Å². The van der Waals surface area contributed by atoms with Gasteiger partial charge in [-0.15, -0.1) is 0 Å². The van der Waals surface area contributed by atoms with Crippen LogP contribution in [0.1, 0.15) is 18.4 Å². The number of carbonyl (C=O) groups excluding carboxylic acids is 1. The van der Waals surface area contributed by atoms with E-state index in [9.17, 15) is 26.7 Å². The Balaban J connectivity index is 1.54. The fourth-order valence-corrected chi connectivity index (χ4v) is 4.10. The summed E-state index contributed by atoms with van der Waals surface area (Å²) >= 11 is 1.22. The average molecular weight is 446 g/mol. The van der Waals surface area contributed by atoms with E-state index in [2.05, 4.69) is 10.1 Å². The van der Waals surface area contributed by atoms with E-state index in [1.54, 1.807) is 0 Å². The predicted octanol–water partition coefficient (Wildman–Crippen LogP) is 3.37. The molecule has 0 radical (unpaired) electrons. The van der Waals surface area contributed by atoms with Crippen LogP contribution in [0.4, 0.5) is 27.8 Å². The van der Waals surface area contributed by atoms with Gasteiger partial charge in [-0.25, -0.2) is 26.9 Å². The molecule has 0 aliphatic carbocycles. The second-order valence-electron chi connectivity index (χ2n) is 6.74. The van der Waals surface area contributed by atoms with E-state index in [1.807, 2.05) is 0 Å². The zero-order valence-electron chi connectivity index (χ0n) is 15.4. The number of thioether (sulfide) groups is 1. The van der Waals surface area contributed by atoms with Crippen LogP contribution in [0.3, 0.4) is 0 Å². The molecule has 1 amide bonds. The first kappa shape index (κ1) is 20.8. The van der Waals surface area contributed by atoms with Gasteiger partial charge in [-0.05, 0) is 12.8 Å². The number of aliphatic imine (C=N–C) groups is 1. The molecule has 30 heavy (non-hydrogen) atoms. The number of aromatic nitrogens is 2. The summed E-state index contributed by atoms with van der Waals surface area (Å²) < 4.78 is 74.2. The Morgan fingerprint density at radius 2 is 1.83 bits per heavy atom. The van der Waals surface area contributed by atoms with Gasteiger partial charge in [0, 0.05) is 18.9 Å². The molecule has 0 saturated carbocycles.